The van der Waals surface area contributed by atoms with Crippen molar-refractivity contribution in [2.75, 3.05) is 9.80 Å². The van der Waals surface area contributed by atoms with Crippen LogP contribution >= 0.6 is 0 Å². The quantitative estimate of drug-likeness (QED) is 0.129. The van der Waals surface area contributed by atoms with Crippen molar-refractivity contribution < 1.29 is 13.6 Å². The molecule has 1 unspecified atom stereocenters. The van der Waals surface area contributed by atoms with Crippen molar-refractivity contribution in [1.82, 2.24) is 0 Å². The van der Waals surface area contributed by atoms with E-state index in [1.54, 1.807) is 0 Å². The van der Waals surface area contributed by atoms with Crippen molar-refractivity contribution in [3.8, 4) is 33.8 Å². The summed E-state index contributed by atoms with van der Waals surface area (Å²) >= 11 is 0. The number of benzene rings is 12. The van der Waals surface area contributed by atoms with Crippen molar-refractivity contribution >= 4 is 78.0 Å². The zero-order valence-corrected chi connectivity index (χ0v) is 56.0. The average molecular weight is 1230 g/mol. The van der Waals surface area contributed by atoms with E-state index in [9.17, 15) is 0 Å². The highest BCUT2D eigenvalue weighted by Crippen LogP contribution is 2.65. The molecule has 0 N–H and O–H groups in total. The number of ether oxygens (including phenoxy) is 1. The summed E-state index contributed by atoms with van der Waals surface area (Å²) in [7, 11) is 0. The van der Waals surface area contributed by atoms with Gasteiger partial charge in [-0.15, -0.1) is 0 Å². The zero-order chi connectivity index (χ0) is 65.1. The standard InChI is InChI=1S/C89H80N2O3/c1-85(2,3)59-35-31-57(32-36-59)58-33-37-63(38-34-58)89(64-45-53-70(54-46-64)92-69-51-43-62(44-52-69)88(10,11)12)73-56-76(91(66-25-17-14-18-26-66)68-49-41-61(42-50-68)87(7,8)9)83-80(72-28-20-22-30-78(72)93-83)81(73)82-74(89)55-75(79-71-27-19-21-29-77(71)94-84(79)82)90(65-23-15-13-16-24-65)67-47-39-60(40-48-67)86(4,5)6/h13-56H,1-12H3. The molecule has 0 amide bonds. The molecule has 1 atom stereocenters. The third-order valence-electron chi connectivity index (χ3n) is 19.5. The largest absolute Gasteiger partial charge is 0.457 e. The molecule has 12 aromatic carbocycles. The Morgan fingerprint density at radius 2 is 0.649 bits per heavy atom. The molecule has 1 aliphatic rings. The predicted octanol–water partition coefficient (Wildman–Crippen LogP) is 25.4. The lowest BCUT2D eigenvalue weighted by Crippen LogP contribution is -2.29. The van der Waals surface area contributed by atoms with Crippen LogP contribution in [0.5, 0.6) is 11.5 Å². The molecule has 5 nitrogen and oxygen atoms in total. The molecular weight excluding hydrogens is 1140 g/mol. The maximum absolute atomic E-state index is 7.67. The summed E-state index contributed by atoms with van der Waals surface area (Å²) in [6, 6.07) is 98.0. The molecular formula is C89H80N2O3. The minimum Gasteiger partial charge on any atom is -0.457 e. The number of rotatable bonds is 11. The first-order valence-corrected chi connectivity index (χ1v) is 33.1. The van der Waals surface area contributed by atoms with Gasteiger partial charge in [0.15, 0.2) is 5.58 Å². The summed E-state index contributed by atoms with van der Waals surface area (Å²) < 4.78 is 22.0. The Kier molecular flexibility index (Phi) is 14.3. The van der Waals surface area contributed by atoms with Crippen LogP contribution in [0.25, 0.3) is 66.1 Å². The molecule has 0 aliphatic heterocycles. The number of hydrogen-bond acceptors (Lipinski definition) is 5. The second kappa shape index (κ2) is 22.4. The highest BCUT2D eigenvalue weighted by Gasteiger charge is 2.51. The molecule has 1 aliphatic carbocycles. The predicted molar refractivity (Wildman–Crippen MR) is 394 cm³/mol. The average Bonchev–Trinajstić information content (AvgIpc) is 1.50. The van der Waals surface area contributed by atoms with Crippen LogP contribution in [0.2, 0.25) is 0 Å². The van der Waals surface area contributed by atoms with Crippen LogP contribution < -0.4 is 14.5 Å². The number of para-hydroxylation sites is 4. The molecule has 0 saturated heterocycles. The molecule has 15 rings (SSSR count). The molecule has 14 aromatic rings. The van der Waals surface area contributed by atoms with Gasteiger partial charge in [0.1, 0.15) is 28.2 Å². The lowest BCUT2D eigenvalue weighted by molar-refractivity contribution is 0.481. The van der Waals surface area contributed by atoms with E-state index in [4.69, 9.17) is 13.6 Å². The van der Waals surface area contributed by atoms with Gasteiger partial charge in [0.05, 0.1) is 22.2 Å². The maximum atomic E-state index is 7.67. The van der Waals surface area contributed by atoms with Gasteiger partial charge in [0.2, 0.25) is 0 Å². The number of anilines is 6. The van der Waals surface area contributed by atoms with Gasteiger partial charge in [-0.2, -0.15) is 0 Å². The Bertz CT molecular complexity index is 5130. The van der Waals surface area contributed by atoms with Gasteiger partial charge >= 0.3 is 0 Å². The van der Waals surface area contributed by atoms with Crippen molar-refractivity contribution in [2.45, 2.75) is 110 Å². The van der Waals surface area contributed by atoms with Crippen LogP contribution in [-0.4, -0.2) is 0 Å². The Morgan fingerprint density at radius 3 is 1.12 bits per heavy atom. The van der Waals surface area contributed by atoms with Gasteiger partial charge in [0.25, 0.3) is 0 Å². The first-order chi connectivity index (χ1) is 45.1. The monoisotopic (exact) mass is 1220 g/mol. The summed E-state index contributed by atoms with van der Waals surface area (Å²) in [5.41, 5.74) is 21.8. The molecule has 0 saturated carbocycles. The third kappa shape index (κ3) is 10.2. The van der Waals surface area contributed by atoms with Gasteiger partial charge in [-0.1, -0.05) is 253 Å². The van der Waals surface area contributed by atoms with Crippen LogP contribution in [0.4, 0.5) is 34.1 Å². The topological polar surface area (TPSA) is 42.0 Å². The van der Waals surface area contributed by atoms with E-state index in [1.807, 2.05) is 0 Å². The van der Waals surface area contributed by atoms with E-state index in [-0.39, 0.29) is 21.7 Å². The van der Waals surface area contributed by atoms with E-state index >= 15 is 0 Å². The van der Waals surface area contributed by atoms with E-state index in [0.29, 0.717) is 0 Å². The second-order valence-corrected chi connectivity index (χ2v) is 29.7. The molecule has 0 fully saturated rings. The molecule has 0 radical (unpaired) electrons. The highest BCUT2D eigenvalue weighted by molar-refractivity contribution is 6.26. The molecule has 94 heavy (non-hydrogen) atoms. The van der Waals surface area contributed by atoms with Crippen molar-refractivity contribution in [2.24, 2.45) is 0 Å². The Hall–Kier alpha value is -10.4. The molecule has 464 valence electrons. The Balaban J connectivity index is 1.10. The van der Waals surface area contributed by atoms with Crippen LogP contribution in [0, 0.1) is 0 Å². The molecule has 2 heterocycles. The fourth-order valence-electron chi connectivity index (χ4n) is 14.4. The normalized spacial score (nSPS) is 14.2. The molecule has 0 bridgehead atoms. The summed E-state index contributed by atoms with van der Waals surface area (Å²) in [5, 5.41) is 4.08. The van der Waals surface area contributed by atoms with E-state index < -0.39 is 5.41 Å². The molecule has 2 aromatic heterocycles. The zero-order valence-electron chi connectivity index (χ0n) is 56.0. The fraction of sp³-hybridized carbons (Fsp3) is 0.191. The van der Waals surface area contributed by atoms with E-state index in [0.717, 1.165) is 134 Å². The smallest absolute Gasteiger partial charge is 0.160 e. The number of nitrogens with zero attached hydrogens (tertiary/aromatic N) is 2. The first kappa shape index (κ1) is 59.9. The van der Waals surface area contributed by atoms with Gasteiger partial charge < -0.3 is 23.4 Å². The minimum atomic E-state index is -1.05. The first-order valence-electron chi connectivity index (χ1n) is 33.1. The SMILES string of the molecule is CC(C)(C)c1ccc(Oc2ccc(C3(c4ccc(-c5ccc(C(C)(C)C)cc5)cc4)c4cc(N(c5ccccc5)c5ccc(C(C)(C)C)cc5)c5c(oc6ccccc65)c4-c4c3cc(N(c3ccccc3)c3ccc(C(C)(C)C)cc3)c3oc5ccccc5c43)cc2)cc1. The Labute approximate surface area is 553 Å². The maximum Gasteiger partial charge on any atom is 0.160 e. The van der Waals surface area contributed by atoms with Gasteiger partial charge in [-0.3, -0.25) is 0 Å². The lowest BCUT2D eigenvalue weighted by Gasteiger charge is -2.36. The number of furan rings is 2. The molecule has 5 heteroatoms. The Morgan fingerprint density at radius 1 is 0.309 bits per heavy atom. The van der Waals surface area contributed by atoms with Gasteiger partial charge in [-0.05, 0) is 174 Å². The van der Waals surface area contributed by atoms with Crippen molar-refractivity contribution in [3.63, 3.8) is 0 Å². The minimum absolute atomic E-state index is 0.00344. The van der Waals surface area contributed by atoms with Crippen molar-refractivity contribution in [3.05, 3.63) is 311 Å². The van der Waals surface area contributed by atoms with Crippen molar-refractivity contribution in [1.29, 1.82) is 0 Å². The second-order valence-electron chi connectivity index (χ2n) is 29.7. The van der Waals surface area contributed by atoms with E-state index in [1.165, 1.54) is 22.3 Å². The van der Waals surface area contributed by atoms with Crippen LogP contribution in [-0.2, 0) is 27.1 Å². The van der Waals surface area contributed by atoms with Gasteiger partial charge in [-0.25, -0.2) is 0 Å². The summed E-state index contributed by atoms with van der Waals surface area (Å²) in [5.74, 6) is 1.52. The van der Waals surface area contributed by atoms with Crippen LogP contribution in [0.3, 0.4) is 0 Å². The third-order valence-corrected chi connectivity index (χ3v) is 19.5. The highest BCUT2D eigenvalue weighted by atomic mass is 16.5. The van der Waals surface area contributed by atoms with Gasteiger partial charge in [0, 0.05) is 50.0 Å². The number of hydrogen-bond donors (Lipinski definition) is 0. The molecule has 0 spiro atoms. The summed E-state index contributed by atoms with van der Waals surface area (Å²) in [6.45, 7) is 27.2. The van der Waals surface area contributed by atoms with Crippen LogP contribution in [0.15, 0.2) is 276 Å². The lowest BCUT2D eigenvalue weighted by atomic mass is 9.67. The summed E-state index contributed by atoms with van der Waals surface area (Å²) in [4.78, 5) is 4.85. The van der Waals surface area contributed by atoms with E-state index in [2.05, 4.69) is 360 Å². The fourth-order valence-corrected chi connectivity index (χ4v) is 14.4. The number of fused-ring (bicyclic) bond motifs is 11. The summed E-state index contributed by atoms with van der Waals surface area (Å²) in [6.07, 6.45) is 0. The van der Waals surface area contributed by atoms with Crippen LogP contribution in [0.1, 0.15) is 128 Å².